The molecule has 7 heteroatoms. The van der Waals surface area contributed by atoms with Gasteiger partial charge in [0.2, 0.25) is 0 Å². The molecule has 2 amide bonds. The fourth-order valence-corrected chi connectivity index (χ4v) is 1.70. The van der Waals surface area contributed by atoms with Crippen molar-refractivity contribution in [2.45, 2.75) is 6.92 Å². The maximum atomic E-state index is 13.7. The Bertz CT molecular complexity index is 454. The van der Waals surface area contributed by atoms with Crippen LogP contribution in [0.2, 0.25) is 5.02 Å². The minimum absolute atomic E-state index is 0.0592. The molecule has 0 fully saturated rings. The number of benzene rings is 1. The van der Waals surface area contributed by atoms with Crippen molar-refractivity contribution in [3.8, 4) is 0 Å². The van der Waals surface area contributed by atoms with Gasteiger partial charge in [-0.05, 0) is 24.6 Å². The summed E-state index contributed by atoms with van der Waals surface area (Å²) in [5.41, 5.74) is 5.60. The Labute approximate surface area is 103 Å². The van der Waals surface area contributed by atoms with E-state index in [0.29, 0.717) is 5.56 Å². The lowest BCUT2D eigenvalue weighted by molar-refractivity contribution is 0.251. The average molecular weight is 259 g/mol. The van der Waals surface area contributed by atoms with Crippen molar-refractivity contribution in [1.82, 2.24) is 5.32 Å². The maximum absolute atomic E-state index is 13.7. The van der Waals surface area contributed by atoms with Gasteiger partial charge in [0.25, 0.3) is 0 Å². The van der Waals surface area contributed by atoms with Crippen LogP contribution in [0.25, 0.3) is 0 Å². The highest BCUT2D eigenvalue weighted by Crippen LogP contribution is 2.29. The molecule has 1 aromatic rings. The van der Waals surface area contributed by atoms with Crippen molar-refractivity contribution in [2.75, 3.05) is 11.9 Å². The van der Waals surface area contributed by atoms with E-state index in [1.54, 1.807) is 6.92 Å². The fourth-order valence-electron chi connectivity index (χ4n) is 1.31. The van der Waals surface area contributed by atoms with Gasteiger partial charge in [0, 0.05) is 7.05 Å². The largest absolute Gasteiger partial charge is 0.370 e. The molecule has 0 radical (unpaired) electrons. The number of nitrogens with one attached hydrogen (secondary N) is 2. The molecule has 17 heavy (non-hydrogen) atoms. The number of nitrogens with two attached hydrogens (primary N) is 1. The third kappa shape index (κ3) is 3.07. The smallest absolute Gasteiger partial charge is 0.328 e. The van der Waals surface area contributed by atoms with Gasteiger partial charge in [-0.25, -0.2) is 9.18 Å². The second-order valence-corrected chi connectivity index (χ2v) is 3.89. The molecule has 4 N–H and O–H groups in total. The number of guanidine groups is 1. The molecule has 0 unspecified atom stereocenters. The van der Waals surface area contributed by atoms with Crippen LogP contribution >= 0.6 is 11.6 Å². The molecule has 0 heterocycles. The normalized spacial score (nSPS) is 9.88. The molecular formula is C10H12ClFN4O. The number of nitrogens with zero attached hydrogens (tertiary/aromatic N) is 1. The van der Waals surface area contributed by atoms with Crippen LogP contribution in [0.15, 0.2) is 12.1 Å². The third-order valence-electron chi connectivity index (χ3n) is 2.04. The van der Waals surface area contributed by atoms with Crippen LogP contribution < -0.4 is 16.0 Å². The molecule has 0 aliphatic heterocycles. The second-order valence-electron chi connectivity index (χ2n) is 3.48. The molecule has 0 saturated carbocycles. The summed E-state index contributed by atoms with van der Waals surface area (Å²) in [5.74, 6) is -1.14. The monoisotopic (exact) mass is 258 g/mol. The molecule has 0 aliphatic rings. The predicted octanol–water partition coefficient (Wildman–Crippen LogP) is 1.83. The minimum Gasteiger partial charge on any atom is -0.370 e. The Balaban J connectivity index is 3.08. The van der Waals surface area contributed by atoms with Crippen LogP contribution in [0, 0.1) is 18.2 Å². The summed E-state index contributed by atoms with van der Waals surface area (Å²) in [5, 5.41) is 9.06. The highest BCUT2D eigenvalue weighted by atomic mass is 35.5. The number of rotatable bonds is 1. The van der Waals surface area contributed by atoms with Gasteiger partial charge in [-0.3, -0.25) is 15.6 Å². The predicted molar refractivity (Wildman–Crippen MR) is 65.0 cm³/mol. The molecule has 0 saturated heterocycles. The number of anilines is 1. The Hall–Kier alpha value is -1.82. The molecule has 1 aromatic carbocycles. The van der Waals surface area contributed by atoms with E-state index in [9.17, 15) is 9.18 Å². The SMILES string of the molecule is Cc1cc(F)c(N(C)C(=O)NC(=N)N)c(Cl)c1. The van der Waals surface area contributed by atoms with Gasteiger partial charge >= 0.3 is 6.03 Å². The first-order valence-corrected chi connectivity index (χ1v) is 5.05. The summed E-state index contributed by atoms with van der Waals surface area (Å²) in [6.45, 7) is 1.69. The molecule has 0 atom stereocenters. The number of hydrogen-bond acceptors (Lipinski definition) is 2. The number of urea groups is 1. The van der Waals surface area contributed by atoms with E-state index in [4.69, 9.17) is 22.7 Å². The van der Waals surface area contributed by atoms with Crippen molar-refractivity contribution in [3.63, 3.8) is 0 Å². The number of halogens is 2. The fraction of sp³-hybridized carbons (Fsp3) is 0.200. The van der Waals surface area contributed by atoms with Gasteiger partial charge in [0.15, 0.2) is 5.96 Å². The van der Waals surface area contributed by atoms with Crippen molar-refractivity contribution in [1.29, 1.82) is 5.41 Å². The first kappa shape index (κ1) is 13.2. The van der Waals surface area contributed by atoms with Gasteiger partial charge < -0.3 is 5.73 Å². The Morgan fingerprint density at radius 3 is 2.65 bits per heavy atom. The number of amides is 2. The zero-order valence-electron chi connectivity index (χ0n) is 9.34. The van der Waals surface area contributed by atoms with Crippen LogP contribution in [0.3, 0.4) is 0 Å². The summed E-state index contributed by atoms with van der Waals surface area (Å²) in [6.07, 6.45) is 0. The third-order valence-corrected chi connectivity index (χ3v) is 2.33. The lowest BCUT2D eigenvalue weighted by Gasteiger charge is -2.19. The van der Waals surface area contributed by atoms with Crippen LogP contribution in [0.4, 0.5) is 14.9 Å². The lowest BCUT2D eigenvalue weighted by Crippen LogP contribution is -2.44. The summed E-state index contributed by atoms with van der Waals surface area (Å²) < 4.78 is 13.7. The van der Waals surface area contributed by atoms with Gasteiger partial charge in [-0.2, -0.15) is 0 Å². The Kier molecular flexibility index (Phi) is 3.90. The topological polar surface area (TPSA) is 82.2 Å². The average Bonchev–Trinajstić information content (AvgIpc) is 2.14. The molecule has 92 valence electrons. The van der Waals surface area contributed by atoms with E-state index in [1.807, 2.05) is 5.32 Å². The second kappa shape index (κ2) is 5.01. The van der Waals surface area contributed by atoms with E-state index in [-0.39, 0.29) is 10.7 Å². The van der Waals surface area contributed by atoms with Gasteiger partial charge in [-0.15, -0.1) is 0 Å². The highest BCUT2D eigenvalue weighted by molar-refractivity contribution is 6.34. The van der Waals surface area contributed by atoms with E-state index in [2.05, 4.69) is 0 Å². The summed E-state index contributed by atoms with van der Waals surface area (Å²) in [6, 6.07) is 2.07. The van der Waals surface area contributed by atoms with Crippen molar-refractivity contribution in [2.24, 2.45) is 5.73 Å². The van der Waals surface area contributed by atoms with Crippen LogP contribution in [0.5, 0.6) is 0 Å². The number of hydrogen-bond donors (Lipinski definition) is 3. The maximum Gasteiger partial charge on any atom is 0.328 e. The molecule has 5 nitrogen and oxygen atoms in total. The number of aryl methyl sites for hydroxylation is 1. The van der Waals surface area contributed by atoms with E-state index in [1.165, 1.54) is 19.2 Å². The van der Waals surface area contributed by atoms with Gasteiger partial charge in [0.1, 0.15) is 5.82 Å². The molecule has 0 bridgehead atoms. The van der Waals surface area contributed by atoms with E-state index in [0.717, 1.165) is 4.90 Å². The quantitative estimate of drug-likeness (QED) is 0.530. The molecular weight excluding hydrogens is 247 g/mol. The summed E-state index contributed by atoms with van der Waals surface area (Å²) >= 11 is 5.86. The van der Waals surface area contributed by atoms with Crippen molar-refractivity contribution < 1.29 is 9.18 Å². The standard InChI is InChI=1S/C10H12ClFN4O/c1-5-3-6(11)8(7(12)4-5)16(2)10(17)15-9(13)14/h3-4H,1-2H3,(H4,13,14,15,17). The van der Waals surface area contributed by atoms with Crippen molar-refractivity contribution in [3.05, 3.63) is 28.5 Å². The Morgan fingerprint density at radius 1 is 1.59 bits per heavy atom. The van der Waals surface area contributed by atoms with Crippen LogP contribution in [-0.4, -0.2) is 19.0 Å². The molecule has 0 aromatic heterocycles. The minimum atomic E-state index is -0.734. The van der Waals surface area contributed by atoms with Crippen molar-refractivity contribution >= 4 is 29.3 Å². The lowest BCUT2D eigenvalue weighted by atomic mass is 10.2. The zero-order valence-corrected chi connectivity index (χ0v) is 10.1. The molecule has 0 spiro atoms. The summed E-state index contributed by atoms with van der Waals surface area (Å²) in [4.78, 5) is 12.5. The van der Waals surface area contributed by atoms with Gasteiger partial charge in [0.05, 0.1) is 10.7 Å². The number of carbonyl (C=O) groups excluding carboxylic acids is 1. The molecule has 0 aliphatic carbocycles. The number of carbonyl (C=O) groups is 1. The van der Waals surface area contributed by atoms with Gasteiger partial charge in [-0.1, -0.05) is 11.6 Å². The van der Waals surface area contributed by atoms with E-state index >= 15 is 0 Å². The first-order chi connectivity index (χ1) is 7.82. The first-order valence-electron chi connectivity index (χ1n) is 4.67. The van der Waals surface area contributed by atoms with Crippen LogP contribution in [-0.2, 0) is 0 Å². The highest BCUT2D eigenvalue weighted by Gasteiger charge is 2.18. The zero-order chi connectivity index (χ0) is 13.2. The summed E-state index contributed by atoms with van der Waals surface area (Å²) in [7, 11) is 1.33. The van der Waals surface area contributed by atoms with Crippen LogP contribution in [0.1, 0.15) is 5.56 Å². The molecule has 1 rings (SSSR count). The Morgan fingerprint density at radius 2 is 2.18 bits per heavy atom. The van der Waals surface area contributed by atoms with E-state index < -0.39 is 17.8 Å².